The highest BCUT2D eigenvalue weighted by Gasteiger charge is 2.16. The topological polar surface area (TPSA) is 44.1 Å². The summed E-state index contributed by atoms with van der Waals surface area (Å²) < 4.78 is 6.85. The van der Waals surface area contributed by atoms with E-state index in [0.29, 0.717) is 13.0 Å². The summed E-state index contributed by atoms with van der Waals surface area (Å²) in [6.07, 6.45) is 2.08. The number of carbonyl (C=O) groups excluding carboxylic acids is 1. The number of nitrogens with zero attached hydrogens (tertiary/aromatic N) is 2. The Morgan fingerprint density at radius 2 is 2.00 bits per heavy atom. The molecule has 1 rings (SSSR count). The van der Waals surface area contributed by atoms with Crippen molar-refractivity contribution in [3.05, 3.63) is 17.0 Å². The fourth-order valence-electron chi connectivity index (χ4n) is 1.95. The lowest BCUT2D eigenvalue weighted by atomic mass is 10.1. The van der Waals surface area contributed by atoms with Crippen LogP contribution in [0.2, 0.25) is 0 Å². The molecule has 0 aliphatic carbocycles. The zero-order valence-corrected chi connectivity index (χ0v) is 10.5. The van der Waals surface area contributed by atoms with Crippen LogP contribution in [0.3, 0.4) is 0 Å². The SMILES string of the molecule is CCOC(=O)Cc1c(CC)nn(C)c1CC. The molecule has 0 saturated carbocycles. The molecule has 90 valence electrons. The average Bonchev–Trinajstić information content (AvgIpc) is 2.54. The van der Waals surface area contributed by atoms with Crippen molar-refractivity contribution in [3.8, 4) is 0 Å². The highest BCUT2D eigenvalue weighted by atomic mass is 16.5. The van der Waals surface area contributed by atoms with Crippen LogP contribution < -0.4 is 0 Å². The van der Waals surface area contributed by atoms with Crippen molar-refractivity contribution in [2.45, 2.75) is 40.0 Å². The fourth-order valence-corrected chi connectivity index (χ4v) is 1.95. The summed E-state index contributed by atoms with van der Waals surface area (Å²) in [5.74, 6) is -0.167. The Labute approximate surface area is 96.6 Å². The van der Waals surface area contributed by atoms with Crippen LogP contribution in [0.5, 0.6) is 0 Å². The van der Waals surface area contributed by atoms with Crippen LogP contribution >= 0.6 is 0 Å². The Hall–Kier alpha value is -1.32. The van der Waals surface area contributed by atoms with Gasteiger partial charge in [-0.15, -0.1) is 0 Å². The monoisotopic (exact) mass is 224 g/mol. The summed E-state index contributed by atoms with van der Waals surface area (Å²) in [6.45, 7) is 6.38. The van der Waals surface area contributed by atoms with Gasteiger partial charge in [0.15, 0.2) is 0 Å². The average molecular weight is 224 g/mol. The first-order chi connectivity index (χ1) is 7.63. The second-order valence-electron chi connectivity index (χ2n) is 3.68. The highest BCUT2D eigenvalue weighted by Crippen LogP contribution is 2.16. The first-order valence-corrected chi connectivity index (χ1v) is 5.83. The third-order valence-electron chi connectivity index (χ3n) is 2.65. The van der Waals surface area contributed by atoms with Gasteiger partial charge in [0.2, 0.25) is 0 Å². The molecule has 0 spiro atoms. The van der Waals surface area contributed by atoms with Crippen molar-refractivity contribution in [1.82, 2.24) is 9.78 Å². The van der Waals surface area contributed by atoms with Gasteiger partial charge < -0.3 is 4.74 Å². The normalized spacial score (nSPS) is 10.5. The van der Waals surface area contributed by atoms with Crippen LogP contribution in [0.15, 0.2) is 0 Å². The number of carbonyl (C=O) groups is 1. The van der Waals surface area contributed by atoms with E-state index >= 15 is 0 Å². The number of hydrogen-bond acceptors (Lipinski definition) is 3. The molecule has 0 N–H and O–H groups in total. The lowest BCUT2D eigenvalue weighted by Gasteiger charge is -2.04. The fraction of sp³-hybridized carbons (Fsp3) is 0.667. The molecule has 0 aliphatic rings. The summed E-state index contributed by atoms with van der Waals surface area (Å²) in [5, 5.41) is 4.42. The quantitative estimate of drug-likeness (QED) is 0.714. The van der Waals surface area contributed by atoms with Gasteiger partial charge in [-0.2, -0.15) is 5.10 Å². The van der Waals surface area contributed by atoms with Gasteiger partial charge in [-0.1, -0.05) is 13.8 Å². The third kappa shape index (κ3) is 2.62. The van der Waals surface area contributed by atoms with Crippen LogP contribution in [0.25, 0.3) is 0 Å². The summed E-state index contributed by atoms with van der Waals surface area (Å²) in [7, 11) is 1.92. The Bertz CT molecular complexity index is 369. The van der Waals surface area contributed by atoms with E-state index in [1.54, 1.807) is 0 Å². The molecule has 4 heteroatoms. The third-order valence-corrected chi connectivity index (χ3v) is 2.65. The molecular weight excluding hydrogens is 204 g/mol. The van der Waals surface area contributed by atoms with Crippen molar-refractivity contribution < 1.29 is 9.53 Å². The molecule has 0 amide bonds. The maximum absolute atomic E-state index is 11.5. The molecule has 0 atom stereocenters. The van der Waals surface area contributed by atoms with Crippen LogP contribution in [-0.4, -0.2) is 22.4 Å². The van der Waals surface area contributed by atoms with Gasteiger partial charge in [-0.25, -0.2) is 0 Å². The van der Waals surface area contributed by atoms with Crippen molar-refractivity contribution >= 4 is 5.97 Å². The van der Waals surface area contributed by atoms with E-state index in [2.05, 4.69) is 18.9 Å². The molecule has 0 bridgehead atoms. The van der Waals surface area contributed by atoms with E-state index in [1.165, 1.54) is 0 Å². The number of aromatic nitrogens is 2. The maximum atomic E-state index is 11.5. The van der Waals surface area contributed by atoms with Crippen molar-refractivity contribution in [3.63, 3.8) is 0 Å². The van der Waals surface area contributed by atoms with Gasteiger partial charge in [0, 0.05) is 18.3 Å². The Balaban J connectivity index is 2.95. The molecule has 0 aliphatic heterocycles. The Morgan fingerprint density at radius 3 is 2.50 bits per heavy atom. The lowest BCUT2D eigenvalue weighted by molar-refractivity contribution is -0.142. The number of ether oxygens (including phenoxy) is 1. The molecule has 1 heterocycles. The van der Waals surface area contributed by atoms with Gasteiger partial charge >= 0.3 is 5.97 Å². The number of hydrogen-bond donors (Lipinski definition) is 0. The van der Waals surface area contributed by atoms with E-state index in [-0.39, 0.29) is 5.97 Å². The summed E-state index contributed by atoms with van der Waals surface area (Å²) in [4.78, 5) is 11.5. The minimum atomic E-state index is -0.167. The molecule has 4 nitrogen and oxygen atoms in total. The van der Waals surface area contributed by atoms with Gasteiger partial charge in [-0.3, -0.25) is 9.48 Å². The number of aryl methyl sites for hydroxylation is 2. The largest absolute Gasteiger partial charge is 0.466 e. The predicted octanol–water partition coefficient (Wildman–Crippen LogP) is 1.65. The lowest BCUT2D eigenvalue weighted by Crippen LogP contribution is -2.10. The maximum Gasteiger partial charge on any atom is 0.310 e. The van der Waals surface area contributed by atoms with Crippen molar-refractivity contribution in [2.24, 2.45) is 7.05 Å². The zero-order valence-electron chi connectivity index (χ0n) is 10.5. The van der Waals surface area contributed by atoms with E-state index in [4.69, 9.17) is 4.74 Å². The predicted molar refractivity (Wildman–Crippen MR) is 62.3 cm³/mol. The van der Waals surface area contributed by atoms with E-state index in [0.717, 1.165) is 29.8 Å². The van der Waals surface area contributed by atoms with Gasteiger partial charge in [0.05, 0.1) is 18.7 Å². The minimum absolute atomic E-state index is 0.167. The minimum Gasteiger partial charge on any atom is -0.466 e. The number of rotatable bonds is 5. The molecule has 0 unspecified atom stereocenters. The Morgan fingerprint density at radius 1 is 1.31 bits per heavy atom. The molecule has 16 heavy (non-hydrogen) atoms. The van der Waals surface area contributed by atoms with Crippen LogP contribution in [-0.2, 0) is 35.8 Å². The van der Waals surface area contributed by atoms with E-state index < -0.39 is 0 Å². The molecule has 1 aromatic rings. The van der Waals surface area contributed by atoms with Crippen LogP contribution in [0, 0.1) is 0 Å². The molecule has 1 aromatic heterocycles. The Kier molecular flexibility index (Phi) is 4.52. The van der Waals surface area contributed by atoms with E-state index in [1.807, 2.05) is 18.7 Å². The standard InChI is InChI=1S/C12H20N2O2/c1-5-10-9(8-12(15)16-7-3)11(6-2)14(4)13-10/h5-8H2,1-4H3. The van der Waals surface area contributed by atoms with Crippen molar-refractivity contribution in [2.75, 3.05) is 6.61 Å². The molecular formula is C12H20N2O2. The second kappa shape index (κ2) is 5.68. The smallest absolute Gasteiger partial charge is 0.310 e. The summed E-state index contributed by atoms with van der Waals surface area (Å²) in [5.41, 5.74) is 3.18. The van der Waals surface area contributed by atoms with Crippen LogP contribution in [0.4, 0.5) is 0 Å². The zero-order chi connectivity index (χ0) is 12.1. The highest BCUT2D eigenvalue weighted by molar-refractivity contribution is 5.73. The molecule has 0 saturated heterocycles. The molecule has 0 fully saturated rings. The number of esters is 1. The second-order valence-corrected chi connectivity index (χ2v) is 3.68. The van der Waals surface area contributed by atoms with Crippen molar-refractivity contribution in [1.29, 1.82) is 0 Å². The summed E-state index contributed by atoms with van der Waals surface area (Å²) in [6, 6.07) is 0. The molecule has 0 radical (unpaired) electrons. The van der Waals surface area contributed by atoms with Gasteiger partial charge in [-0.05, 0) is 19.8 Å². The first kappa shape index (κ1) is 12.7. The van der Waals surface area contributed by atoms with Crippen LogP contribution in [0.1, 0.15) is 37.7 Å². The molecule has 0 aromatic carbocycles. The van der Waals surface area contributed by atoms with Gasteiger partial charge in [0.25, 0.3) is 0 Å². The van der Waals surface area contributed by atoms with E-state index in [9.17, 15) is 4.79 Å². The summed E-state index contributed by atoms with van der Waals surface area (Å²) >= 11 is 0. The van der Waals surface area contributed by atoms with Gasteiger partial charge in [0.1, 0.15) is 0 Å². The first-order valence-electron chi connectivity index (χ1n) is 5.83.